The normalized spacial score (nSPS) is 20.5. The van der Waals surface area contributed by atoms with Crippen molar-refractivity contribution in [1.82, 2.24) is 14.9 Å². The fourth-order valence-electron chi connectivity index (χ4n) is 2.11. The van der Waals surface area contributed by atoms with E-state index in [1.165, 1.54) is 0 Å². The minimum absolute atomic E-state index is 0.0153. The number of nitrogens with one attached hydrogen (secondary N) is 1. The van der Waals surface area contributed by atoms with Crippen molar-refractivity contribution in [2.75, 3.05) is 38.6 Å². The lowest BCUT2D eigenvalue weighted by Crippen LogP contribution is -2.36. The van der Waals surface area contributed by atoms with Gasteiger partial charge in [-0.15, -0.1) is 0 Å². The van der Waals surface area contributed by atoms with Crippen molar-refractivity contribution in [3.8, 4) is 0 Å². The van der Waals surface area contributed by atoms with Gasteiger partial charge >= 0.3 is 0 Å². The molecule has 1 aromatic heterocycles. The molecule has 1 aliphatic heterocycles. The van der Waals surface area contributed by atoms with Gasteiger partial charge in [0.05, 0.1) is 15.9 Å². The standard InChI is InChI=1S/C13H21IN4O/c1-4-9-11(14)13(15-5-2)17-12(16-9)10-8-18(3)6-7-19-10/h10H,4-8H2,1-3H3,(H,15,16,17). The second-order valence-corrected chi connectivity index (χ2v) is 5.78. The van der Waals surface area contributed by atoms with Crippen LogP contribution in [-0.2, 0) is 11.2 Å². The molecule has 2 heterocycles. The average molecular weight is 376 g/mol. The Balaban J connectivity index is 2.31. The lowest BCUT2D eigenvalue weighted by molar-refractivity contribution is -0.0255. The molecule has 0 aromatic carbocycles. The van der Waals surface area contributed by atoms with E-state index in [1.807, 2.05) is 0 Å². The summed E-state index contributed by atoms with van der Waals surface area (Å²) in [5, 5.41) is 3.31. The van der Waals surface area contributed by atoms with Gasteiger partial charge in [0.2, 0.25) is 0 Å². The molecule has 1 unspecified atom stereocenters. The zero-order chi connectivity index (χ0) is 13.8. The van der Waals surface area contributed by atoms with Crippen molar-refractivity contribution in [1.29, 1.82) is 0 Å². The molecule has 1 fully saturated rings. The predicted octanol–water partition coefficient (Wildman–Crippen LogP) is 2.08. The van der Waals surface area contributed by atoms with Crippen LogP contribution in [0.2, 0.25) is 0 Å². The highest BCUT2D eigenvalue weighted by molar-refractivity contribution is 14.1. The molecule has 0 spiro atoms. The van der Waals surface area contributed by atoms with Gasteiger partial charge < -0.3 is 15.0 Å². The third-order valence-corrected chi connectivity index (χ3v) is 4.31. The topological polar surface area (TPSA) is 50.3 Å². The van der Waals surface area contributed by atoms with Crippen LogP contribution in [-0.4, -0.2) is 48.2 Å². The Hall–Kier alpha value is -0.470. The number of hydrogen-bond donors (Lipinski definition) is 1. The first-order valence-electron chi connectivity index (χ1n) is 6.76. The SMILES string of the molecule is CCNc1nc(C2CN(C)CCO2)nc(CC)c1I. The van der Waals surface area contributed by atoms with E-state index in [0.717, 1.165) is 53.6 Å². The van der Waals surface area contributed by atoms with Gasteiger partial charge in [-0.3, -0.25) is 0 Å². The summed E-state index contributed by atoms with van der Waals surface area (Å²) < 4.78 is 6.93. The van der Waals surface area contributed by atoms with E-state index in [9.17, 15) is 0 Å². The Morgan fingerprint density at radius 1 is 1.42 bits per heavy atom. The molecule has 1 atom stereocenters. The summed E-state index contributed by atoms with van der Waals surface area (Å²) in [6.07, 6.45) is 0.896. The number of likely N-dealkylation sites (N-methyl/N-ethyl adjacent to an activating group) is 1. The third kappa shape index (κ3) is 3.55. The second-order valence-electron chi connectivity index (χ2n) is 4.70. The number of hydrogen-bond acceptors (Lipinski definition) is 5. The Morgan fingerprint density at radius 3 is 2.84 bits per heavy atom. The maximum absolute atomic E-state index is 5.81. The van der Waals surface area contributed by atoms with E-state index < -0.39 is 0 Å². The van der Waals surface area contributed by atoms with Gasteiger partial charge in [-0.25, -0.2) is 9.97 Å². The molecule has 6 heteroatoms. The minimum atomic E-state index is -0.0153. The molecule has 0 bridgehead atoms. The van der Waals surface area contributed by atoms with Crippen LogP contribution in [0, 0.1) is 3.57 Å². The van der Waals surface area contributed by atoms with Crippen LogP contribution in [0.1, 0.15) is 31.5 Å². The monoisotopic (exact) mass is 376 g/mol. The van der Waals surface area contributed by atoms with Crippen LogP contribution in [0.25, 0.3) is 0 Å². The van der Waals surface area contributed by atoms with Crippen LogP contribution >= 0.6 is 22.6 Å². The maximum Gasteiger partial charge on any atom is 0.161 e. The fraction of sp³-hybridized carbons (Fsp3) is 0.692. The summed E-state index contributed by atoms with van der Waals surface area (Å²) >= 11 is 2.32. The number of aromatic nitrogens is 2. The summed E-state index contributed by atoms with van der Waals surface area (Å²) in [5.74, 6) is 1.74. The maximum atomic E-state index is 5.81. The number of nitrogens with zero attached hydrogens (tertiary/aromatic N) is 3. The lowest BCUT2D eigenvalue weighted by Gasteiger charge is -2.29. The molecule has 0 amide bonds. The molecule has 19 heavy (non-hydrogen) atoms. The molecule has 1 N–H and O–H groups in total. The number of halogens is 1. The molecule has 0 aliphatic carbocycles. The highest BCUT2D eigenvalue weighted by Gasteiger charge is 2.24. The molecular formula is C13H21IN4O. The smallest absolute Gasteiger partial charge is 0.161 e. The van der Waals surface area contributed by atoms with Crippen molar-refractivity contribution in [3.05, 3.63) is 15.1 Å². The zero-order valence-electron chi connectivity index (χ0n) is 11.7. The number of morpholine rings is 1. The van der Waals surface area contributed by atoms with Crippen molar-refractivity contribution in [3.63, 3.8) is 0 Å². The van der Waals surface area contributed by atoms with Gasteiger partial charge in [0.25, 0.3) is 0 Å². The van der Waals surface area contributed by atoms with Crippen LogP contribution in [0.15, 0.2) is 0 Å². The van der Waals surface area contributed by atoms with Crippen molar-refractivity contribution >= 4 is 28.4 Å². The second kappa shape index (κ2) is 6.81. The van der Waals surface area contributed by atoms with E-state index in [1.54, 1.807) is 0 Å². The molecule has 1 saturated heterocycles. The highest BCUT2D eigenvalue weighted by atomic mass is 127. The Kier molecular flexibility index (Phi) is 5.35. The van der Waals surface area contributed by atoms with Crippen molar-refractivity contribution < 1.29 is 4.74 Å². The molecule has 1 aliphatic rings. The first-order valence-corrected chi connectivity index (χ1v) is 7.83. The molecular weight excluding hydrogens is 355 g/mol. The number of rotatable bonds is 4. The van der Waals surface area contributed by atoms with Gasteiger partial charge in [0.1, 0.15) is 11.9 Å². The van der Waals surface area contributed by atoms with E-state index in [4.69, 9.17) is 4.74 Å². The zero-order valence-corrected chi connectivity index (χ0v) is 13.9. The summed E-state index contributed by atoms with van der Waals surface area (Å²) in [4.78, 5) is 11.6. The van der Waals surface area contributed by atoms with Gasteiger partial charge in [0, 0.05) is 19.6 Å². The molecule has 0 radical (unpaired) electrons. The van der Waals surface area contributed by atoms with E-state index in [2.05, 4.69) is 63.7 Å². The first kappa shape index (κ1) is 14.9. The largest absolute Gasteiger partial charge is 0.369 e. The van der Waals surface area contributed by atoms with Crippen molar-refractivity contribution in [2.24, 2.45) is 0 Å². The summed E-state index contributed by atoms with van der Waals surface area (Å²) in [6.45, 7) is 7.64. The van der Waals surface area contributed by atoms with Crippen LogP contribution in [0.5, 0.6) is 0 Å². The number of aryl methyl sites for hydroxylation is 1. The predicted molar refractivity (Wildman–Crippen MR) is 84.5 cm³/mol. The molecule has 5 nitrogen and oxygen atoms in total. The molecule has 2 rings (SSSR count). The first-order chi connectivity index (χ1) is 9.15. The fourth-order valence-corrected chi connectivity index (χ4v) is 2.92. The average Bonchev–Trinajstić information content (AvgIpc) is 2.41. The highest BCUT2D eigenvalue weighted by Crippen LogP contribution is 2.25. The van der Waals surface area contributed by atoms with E-state index in [-0.39, 0.29) is 6.10 Å². The Bertz CT molecular complexity index is 441. The minimum Gasteiger partial charge on any atom is -0.369 e. The van der Waals surface area contributed by atoms with Gasteiger partial charge in [-0.1, -0.05) is 6.92 Å². The summed E-state index contributed by atoms with van der Waals surface area (Å²) in [5.41, 5.74) is 1.10. The van der Waals surface area contributed by atoms with E-state index in [0.29, 0.717) is 0 Å². The van der Waals surface area contributed by atoms with Gasteiger partial charge in [-0.05, 0) is 43.0 Å². The van der Waals surface area contributed by atoms with E-state index >= 15 is 0 Å². The van der Waals surface area contributed by atoms with Crippen molar-refractivity contribution in [2.45, 2.75) is 26.4 Å². The van der Waals surface area contributed by atoms with Gasteiger partial charge in [-0.2, -0.15) is 0 Å². The molecule has 106 valence electrons. The Morgan fingerprint density at radius 2 is 2.21 bits per heavy atom. The third-order valence-electron chi connectivity index (χ3n) is 3.17. The number of ether oxygens (including phenoxy) is 1. The lowest BCUT2D eigenvalue weighted by atomic mass is 10.2. The molecule has 1 aromatic rings. The van der Waals surface area contributed by atoms with Crippen LogP contribution < -0.4 is 5.32 Å². The quantitative estimate of drug-likeness (QED) is 0.816. The molecule has 0 saturated carbocycles. The summed E-state index contributed by atoms with van der Waals surface area (Å²) in [6, 6.07) is 0. The van der Waals surface area contributed by atoms with Crippen LogP contribution in [0.3, 0.4) is 0 Å². The summed E-state index contributed by atoms with van der Waals surface area (Å²) in [7, 11) is 2.11. The van der Waals surface area contributed by atoms with Crippen LogP contribution in [0.4, 0.5) is 5.82 Å². The Labute approximate surface area is 128 Å². The number of anilines is 1. The van der Waals surface area contributed by atoms with Gasteiger partial charge in [0.15, 0.2) is 5.82 Å².